The van der Waals surface area contributed by atoms with Crippen molar-refractivity contribution in [1.82, 2.24) is 5.32 Å². The normalized spacial score (nSPS) is 29.4. The standard InChI is InChI=1S/C15H20N2O2/c1-15(7-4-8-19-10-15)17-14(18)13-9-11-5-2-3-6-12(11)16-13/h2-3,5-6,13,16H,4,7-10H2,1H3,(H,17,18). The molecule has 0 saturated carbocycles. The molecular formula is C15H20N2O2. The summed E-state index contributed by atoms with van der Waals surface area (Å²) >= 11 is 0. The first kappa shape index (κ1) is 12.5. The van der Waals surface area contributed by atoms with Gasteiger partial charge in [-0.25, -0.2) is 0 Å². The van der Waals surface area contributed by atoms with Crippen molar-refractivity contribution < 1.29 is 9.53 Å². The van der Waals surface area contributed by atoms with Gasteiger partial charge in [0.25, 0.3) is 0 Å². The van der Waals surface area contributed by atoms with Crippen LogP contribution in [0.5, 0.6) is 0 Å². The van der Waals surface area contributed by atoms with E-state index in [1.54, 1.807) is 0 Å². The van der Waals surface area contributed by atoms with Crippen molar-refractivity contribution in [2.24, 2.45) is 0 Å². The van der Waals surface area contributed by atoms with Gasteiger partial charge in [0.1, 0.15) is 6.04 Å². The Morgan fingerprint density at radius 2 is 2.32 bits per heavy atom. The van der Waals surface area contributed by atoms with E-state index in [0.29, 0.717) is 6.61 Å². The van der Waals surface area contributed by atoms with Crippen molar-refractivity contribution >= 4 is 11.6 Å². The number of carbonyl (C=O) groups excluding carboxylic acids is 1. The quantitative estimate of drug-likeness (QED) is 0.851. The summed E-state index contributed by atoms with van der Waals surface area (Å²) in [6.45, 7) is 3.48. The highest BCUT2D eigenvalue weighted by atomic mass is 16.5. The number of anilines is 1. The van der Waals surface area contributed by atoms with Crippen molar-refractivity contribution in [3.8, 4) is 0 Å². The lowest BCUT2D eigenvalue weighted by Crippen LogP contribution is -2.55. The van der Waals surface area contributed by atoms with E-state index in [4.69, 9.17) is 4.74 Å². The Bertz CT molecular complexity index is 456. The Kier molecular flexibility index (Phi) is 3.19. The van der Waals surface area contributed by atoms with Gasteiger partial charge in [-0.3, -0.25) is 4.79 Å². The number of amides is 1. The fraction of sp³-hybridized carbons (Fsp3) is 0.533. The van der Waals surface area contributed by atoms with Crippen molar-refractivity contribution in [1.29, 1.82) is 0 Å². The largest absolute Gasteiger partial charge is 0.379 e. The van der Waals surface area contributed by atoms with Gasteiger partial charge >= 0.3 is 0 Å². The van der Waals surface area contributed by atoms with Gasteiger partial charge in [0.2, 0.25) is 5.91 Å². The zero-order valence-corrected chi connectivity index (χ0v) is 11.2. The summed E-state index contributed by atoms with van der Waals surface area (Å²) in [4.78, 5) is 12.4. The van der Waals surface area contributed by atoms with Gasteiger partial charge in [-0.1, -0.05) is 18.2 Å². The number of benzene rings is 1. The summed E-state index contributed by atoms with van der Waals surface area (Å²) < 4.78 is 5.48. The second kappa shape index (κ2) is 4.85. The Balaban J connectivity index is 1.63. The summed E-state index contributed by atoms with van der Waals surface area (Å²) in [6, 6.07) is 7.94. The van der Waals surface area contributed by atoms with Crippen LogP contribution in [0.4, 0.5) is 5.69 Å². The molecule has 2 N–H and O–H groups in total. The molecule has 102 valence electrons. The molecule has 2 atom stereocenters. The van der Waals surface area contributed by atoms with Crippen molar-refractivity contribution in [2.75, 3.05) is 18.5 Å². The van der Waals surface area contributed by atoms with Crippen LogP contribution in [0.1, 0.15) is 25.3 Å². The molecule has 19 heavy (non-hydrogen) atoms. The van der Waals surface area contributed by atoms with Crippen LogP contribution in [-0.4, -0.2) is 30.7 Å². The fourth-order valence-corrected chi connectivity index (χ4v) is 2.87. The average Bonchev–Trinajstić information content (AvgIpc) is 2.83. The Morgan fingerprint density at radius 1 is 1.47 bits per heavy atom. The molecule has 0 aliphatic carbocycles. The number of fused-ring (bicyclic) bond motifs is 1. The zero-order chi connectivity index (χ0) is 13.3. The molecule has 4 nitrogen and oxygen atoms in total. The summed E-state index contributed by atoms with van der Waals surface area (Å²) in [5.41, 5.74) is 2.08. The summed E-state index contributed by atoms with van der Waals surface area (Å²) in [6.07, 6.45) is 2.76. The van der Waals surface area contributed by atoms with E-state index < -0.39 is 0 Å². The van der Waals surface area contributed by atoms with E-state index in [0.717, 1.165) is 31.6 Å². The highest BCUT2D eigenvalue weighted by molar-refractivity contribution is 5.87. The maximum absolute atomic E-state index is 12.4. The monoisotopic (exact) mass is 260 g/mol. The lowest BCUT2D eigenvalue weighted by Gasteiger charge is -2.35. The van der Waals surface area contributed by atoms with Gasteiger partial charge in [-0.05, 0) is 31.4 Å². The number of rotatable bonds is 2. The minimum absolute atomic E-state index is 0.0733. The molecule has 4 heteroatoms. The molecule has 3 rings (SSSR count). The molecule has 1 aromatic rings. The SMILES string of the molecule is CC1(NC(=O)C2Cc3ccccc3N2)CCCOC1. The van der Waals surface area contributed by atoms with E-state index in [9.17, 15) is 4.79 Å². The fourth-order valence-electron chi connectivity index (χ4n) is 2.87. The Hall–Kier alpha value is -1.55. The lowest BCUT2D eigenvalue weighted by molar-refractivity contribution is -0.125. The maximum atomic E-state index is 12.4. The number of para-hydroxylation sites is 1. The number of hydrogen-bond donors (Lipinski definition) is 2. The molecule has 0 radical (unpaired) electrons. The predicted molar refractivity (Wildman–Crippen MR) is 74.2 cm³/mol. The molecule has 1 amide bonds. The van der Waals surface area contributed by atoms with Gasteiger partial charge in [0, 0.05) is 18.7 Å². The van der Waals surface area contributed by atoms with E-state index >= 15 is 0 Å². The van der Waals surface area contributed by atoms with Gasteiger partial charge in [0.15, 0.2) is 0 Å². The van der Waals surface area contributed by atoms with Gasteiger partial charge in [-0.15, -0.1) is 0 Å². The van der Waals surface area contributed by atoms with E-state index in [2.05, 4.69) is 23.6 Å². The minimum atomic E-state index is -0.216. The molecule has 2 unspecified atom stereocenters. The molecule has 0 bridgehead atoms. The summed E-state index contributed by atoms with van der Waals surface area (Å²) in [5, 5.41) is 6.43. The maximum Gasteiger partial charge on any atom is 0.243 e. The van der Waals surface area contributed by atoms with Crippen LogP contribution in [0.2, 0.25) is 0 Å². The Morgan fingerprint density at radius 3 is 3.05 bits per heavy atom. The number of ether oxygens (including phenoxy) is 1. The third-order valence-electron chi connectivity index (χ3n) is 3.95. The molecule has 1 aromatic carbocycles. The molecule has 1 saturated heterocycles. The predicted octanol–water partition coefficient (Wildman–Crippen LogP) is 1.71. The van der Waals surface area contributed by atoms with Crippen LogP contribution in [0, 0.1) is 0 Å². The molecule has 0 spiro atoms. The zero-order valence-electron chi connectivity index (χ0n) is 11.2. The first-order valence-corrected chi connectivity index (χ1v) is 6.91. The number of hydrogen-bond acceptors (Lipinski definition) is 3. The van der Waals surface area contributed by atoms with E-state index in [-0.39, 0.29) is 17.5 Å². The van der Waals surface area contributed by atoms with Crippen LogP contribution in [0.15, 0.2) is 24.3 Å². The van der Waals surface area contributed by atoms with Gasteiger partial charge < -0.3 is 15.4 Å². The van der Waals surface area contributed by atoms with Crippen LogP contribution in [-0.2, 0) is 16.0 Å². The van der Waals surface area contributed by atoms with Crippen molar-refractivity contribution in [3.63, 3.8) is 0 Å². The molecule has 2 aliphatic heterocycles. The van der Waals surface area contributed by atoms with Crippen molar-refractivity contribution in [3.05, 3.63) is 29.8 Å². The summed E-state index contributed by atoms with van der Waals surface area (Å²) in [5.74, 6) is 0.0733. The second-order valence-electron chi connectivity index (χ2n) is 5.76. The summed E-state index contributed by atoms with van der Waals surface area (Å²) in [7, 11) is 0. The molecule has 2 aliphatic rings. The molecular weight excluding hydrogens is 240 g/mol. The van der Waals surface area contributed by atoms with Gasteiger partial charge in [0.05, 0.1) is 12.1 Å². The smallest absolute Gasteiger partial charge is 0.243 e. The minimum Gasteiger partial charge on any atom is -0.379 e. The Labute approximate surface area is 113 Å². The van der Waals surface area contributed by atoms with Crippen molar-refractivity contribution in [2.45, 2.75) is 37.8 Å². The van der Waals surface area contributed by atoms with Crippen LogP contribution in [0.3, 0.4) is 0 Å². The van der Waals surface area contributed by atoms with E-state index in [1.165, 1.54) is 5.56 Å². The first-order chi connectivity index (χ1) is 9.16. The third-order valence-corrected chi connectivity index (χ3v) is 3.95. The lowest BCUT2D eigenvalue weighted by atomic mass is 9.94. The van der Waals surface area contributed by atoms with Crippen LogP contribution < -0.4 is 10.6 Å². The number of carbonyl (C=O) groups is 1. The molecule has 0 aromatic heterocycles. The second-order valence-corrected chi connectivity index (χ2v) is 5.76. The highest BCUT2D eigenvalue weighted by Gasteiger charge is 2.33. The average molecular weight is 260 g/mol. The topological polar surface area (TPSA) is 50.4 Å². The van der Waals surface area contributed by atoms with E-state index in [1.807, 2.05) is 18.2 Å². The highest BCUT2D eigenvalue weighted by Crippen LogP contribution is 2.26. The molecule has 2 heterocycles. The first-order valence-electron chi connectivity index (χ1n) is 6.91. The third kappa shape index (κ3) is 2.59. The van der Waals surface area contributed by atoms with Crippen LogP contribution >= 0.6 is 0 Å². The number of nitrogens with one attached hydrogen (secondary N) is 2. The van der Waals surface area contributed by atoms with Crippen LogP contribution in [0.25, 0.3) is 0 Å². The molecule has 1 fully saturated rings. The van der Waals surface area contributed by atoms with Gasteiger partial charge in [-0.2, -0.15) is 0 Å².